The number of fused-ring (bicyclic) bond motifs is 1. The number of amides is 2. The first-order valence-corrected chi connectivity index (χ1v) is 13.8. The van der Waals surface area contributed by atoms with Gasteiger partial charge in [-0.25, -0.2) is 4.79 Å². The third-order valence-corrected chi connectivity index (χ3v) is 7.36. The lowest BCUT2D eigenvalue weighted by molar-refractivity contribution is -0.136. The van der Waals surface area contributed by atoms with E-state index in [1.807, 2.05) is 49.4 Å². The molecule has 6 heteroatoms. The Kier molecular flexibility index (Phi) is 9.64. The number of nitrogens with one attached hydrogen (secondary N) is 1. The molecular formula is C31H40N2O4. The highest BCUT2D eigenvalue weighted by atomic mass is 16.5. The van der Waals surface area contributed by atoms with Gasteiger partial charge in [-0.2, -0.15) is 0 Å². The summed E-state index contributed by atoms with van der Waals surface area (Å²) in [6.07, 6.45) is 7.14. The molecule has 1 fully saturated rings. The number of carbonyl (C=O) groups is 2. The predicted molar refractivity (Wildman–Crippen MR) is 146 cm³/mol. The van der Waals surface area contributed by atoms with Gasteiger partial charge in [0.15, 0.2) is 0 Å². The Bertz CT molecular complexity index is 1160. The lowest BCUT2D eigenvalue weighted by Crippen LogP contribution is -2.40. The van der Waals surface area contributed by atoms with Crippen molar-refractivity contribution in [2.24, 2.45) is 5.92 Å². The van der Waals surface area contributed by atoms with Crippen molar-refractivity contribution in [1.82, 2.24) is 10.2 Å². The second-order valence-electron chi connectivity index (χ2n) is 10.2. The zero-order valence-corrected chi connectivity index (χ0v) is 22.2. The maximum Gasteiger partial charge on any atom is 0.407 e. The highest BCUT2D eigenvalue weighted by molar-refractivity contribution is 5.83. The van der Waals surface area contributed by atoms with Crippen molar-refractivity contribution >= 4 is 23.0 Å². The number of unbranched alkanes of at least 4 members (excludes halogenated alkanes) is 1. The first-order valence-electron chi connectivity index (χ1n) is 13.8. The normalized spacial score (nSPS) is 16.2. The molecule has 198 valence electrons. The number of likely N-dealkylation sites (tertiary alicyclic amines) is 1. The number of hydrogen-bond donors (Lipinski definition) is 1. The number of carbonyl (C=O) groups excluding carboxylic acids is 2. The molecule has 2 aromatic carbocycles. The van der Waals surface area contributed by atoms with Crippen LogP contribution in [0, 0.1) is 5.92 Å². The summed E-state index contributed by atoms with van der Waals surface area (Å²) in [5.41, 5.74) is 3.18. The monoisotopic (exact) mass is 504 g/mol. The van der Waals surface area contributed by atoms with Gasteiger partial charge in [0.25, 0.3) is 0 Å². The quantitative estimate of drug-likeness (QED) is 0.280. The number of furan rings is 1. The van der Waals surface area contributed by atoms with Crippen molar-refractivity contribution in [1.29, 1.82) is 0 Å². The number of hydrogen-bond acceptors (Lipinski definition) is 4. The minimum Gasteiger partial charge on any atom is -0.461 e. The smallest absolute Gasteiger partial charge is 0.407 e. The summed E-state index contributed by atoms with van der Waals surface area (Å²) in [6, 6.07) is 18.1. The van der Waals surface area contributed by atoms with Gasteiger partial charge in [0, 0.05) is 42.4 Å². The Morgan fingerprint density at radius 2 is 1.89 bits per heavy atom. The molecule has 2 heterocycles. The number of alkyl carbamates (subject to hydrolysis) is 1. The molecule has 0 unspecified atom stereocenters. The molecule has 1 aliphatic rings. The number of aryl methyl sites for hydroxylation is 1. The molecule has 0 aliphatic carbocycles. The summed E-state index contributed by atoms with van der Waals surface area (Å²) in [5.74, 6) is 1.22. The SMILES string of the molecule is CCCCc1oc2ccccc2c1C[C@@H]1CCCN1C(=O)[C@@H](C)CCCNC(=O)OCc1ccccc1. The van der Waals surface area contributed by atoms with Gasteiger partial charge in [-0.1, -0.05) is 68.8 Å². The van der Waals surface area contributed by atoms with Crippen LogP contribution in [0.4, 0.5) is 4.79 Å². The molecule has 2 amide bonds. The van der Waals surface area contributed by atoms with Crippen LogP contribution in [0.25, 0.3) is 11.0 Å². The van der Waals surface area contributed by atoms with Gasteiger partial charge in [0.2, 0.25) is 5.91 Å². The molecule has 3 aromatic rings. The van der Waals surface area contributed by atoms with E-state index >= 15 is 0 Å². The van der Waals surface area contributed by atoms with E-state index in [0.717, 1.165) is 74.8 Å². The van der Waals surface area contributed by atoms with Gasteiger partial charge in [0.1, 0.15) is 18.0 Å². The number of para-hydroxylation sites is 1. The Morgan fingerprint density at radius 1 is 1.11 bits per heavy atom. The van der Waals surface area contributed by atoms with E-state index in [2.05, 4.69) is 29.3 Å². The fraction of sp³-hybridized carbons (Fsp3) is 0.484. The molecule has 37 heavy (non-hydrogen) atoms. The van der Waals surface area contributed by atoms with Gasteiger partial charge in [-0.05, 0) is 50.2 Å². The summed E-state index contributed by atoms with van der Waals surface area (Å²) in [6.45, 7) is 5.77. The number of benzene rings is 2. The summed E-state index contributed by atoms with van der Waals surface area (Å²) in [7, 11) is 0. The minimum atomic E-state index is -0.423. The highest BCUT2D eigenvalue weighted by Gasteiger charge is 2.32. The second-order valence-corrected chi connectivity index (χ2v) is 10.2. The molecule has 2 atom stereocenters. The average Bonchev–Trinajstić information content (AvgIpc) is 3.53. The third kappa shape index (κ3) is 7.15. The molecule has 0 radical (unpaired) electrons. The Morgan fingerprint density at radius 3 is 2.70 bits per heavy atom. The summed E-state index contributed by atoms with van der Waals surface area (Å²) in [5, 5.41) is 3.98. The lowest BCUT2D eigenvalue weighted by atomic mass is 9.97. The van der Waals surface area contributed by atoms with Crippen LogP contribution in [0.15, 0.2) is 59.0 Å². The van der Waals surface area contributed by atoms with Crippen LogP contribution < -0.4 is 5.32 Å². The molecule has 0 saturated carbocycles. The van der Waals surface area contributed by atoms with Crippen LogP contribution >= 0.6 is 0 Å². The van der Waals surface area contributed by atoms with Gasteiger partial charge in [-0.15, -0.1) is 0 Å². The van der Waals surface area contributed by atoms with Gasteiger partial charge < -0.3 is 19.4 Å². The maximum absolute atomic E-state index is 13.4. The lowest BCUT2D eigenvalue weighted by Gasteiger charge is -2.28. The van der Waals surface area contributed by atoms with Gasteiger partial charge in [-0.3, -0.25) is 4.79 Å². The molecule has 1 aliphatic heterocycles. The fourth-order valence-electron chi connectivity index (χ4n) is 5.27. The summed E-state index contributed by atoms with van der Waals surface area (Å²) >= 11 is 0. The Hall–Kier alpha value is -3.28. The summed E-state index contributed by atoms with van der Waals surface area (Å²) < 4.78 is 11.5. The average molecular weight is 505 g/mol. The Labute approximate surface area is 220 Å². The van der Waals surface area contributed by atoms with Crippen molar-refractivity contribution in [2.45, 2.75) is 77.9 Å². The van der Waals surface area contributed by atoms with E-state index in [1.54, 1.807) is 0 Å². The van der Waals surface area contributed by atoms with E-state index in [9.17, 15) is 9.59 Å². The maximum atomic E-state index is 13.4. The number of ether oxygens (including phenoxy) is 1. The third-order valence-electron chi connectivity index (χ3n) is 7.36. The van der Waals surface area contributed by atoms with Crippen LogP contribution in [0.3, 0.4) is 0 Å². The Balaban J connectivity index is 1.26. The van der Waals surface area contributed by atoms with Crippen molar-refractivity contribution in [3.63, 3.8) is 0 Å². The highest BCUT2D eigenvalue weighted by Crippen LogP contribution is 2.32. The zero-order valence-electron chi connectivity index (χ0n) is 22.2. The first-order chi connectivity index (χ1) is 18.1. The van der Waals surface area contributed by atoms with E-state index in [0.29, 0.717) is 6.54 Å². The van der Waals surface area contributed by atoms with Crippen molar-refractivity contribution < 1.29 is 18.7 Å². The standard InChI is InChI=1S/C31H40N2O4/c1-3-4-17-29-27(26-16-8-9-18-28(26)37-29)21-25-15-11-20-33(25)30(34)23(2)12-10-19-32-31(35)36-22-24-13-6-5-7-14-24/h5-9,13-14,16,18,23,25H,3-4,10-12,15,17,19-22H2,1-2H3,(H,32,35)/t23-,25-/m0/s1. The van der Waals surface area contributed by atoms with E-state index < -0.39 is 6.09 Å². The topological polar surface area (TPSA) is 71.8 Å². The molecule has 6 nitrogen and oxygen atoms in total. The number of nitrogens with zero attached hydrogens (tertiary/aromatic N) is 1. The summed E-state index contributed by atoms with van der Waals surface area (Å²) in [4.78, 5) is 27.4. The molecule has 0 spiro atoms. The van der Waals surface area contributed by atoms with Gasteiger partial charge >= 0.3 is 6.09 Å². The van der Waals surface area contributed by atoms with Crippen molar-refractivity contribution in [3.8, 4) is 0 Å². The molecular weight excluding hydrogens is 464 g/mol. The fourth-order valence-corrected chi connectivity index (χ4v) is 5.27. The molecule has 1 aromatic heterocycles. The second kappa shape index (κ2) is 13.3. The van der Waals surface area contributed by atoms with Crippen LogP contribution in [-0.4, -0.2) is 36.0 Å². The van der Waals surface area contributed by atoms with E-state index in [1.165, 1.54) is 10.9 Å². The predicted octanol–water partition coefficient (Wildman–Crippen LogP) is 6.65. The van der Waals surface area contributed by atoms with E-state index in [-0.39, 0.29) is 24.5 Å². The van der Waals surface area contributed by atoms with Crippen molar-refractivity contribution in [2.75, 3.05) is 13.1 Å². The molecule has 1 N–H and O–H groups in total. The van der Waals surface area contributed by atoms with Crippen LogP contribution in [0.1, 0.15) is 69.3 Å². The number of rotatable bonds is 12. The van der Waals surface area contributed by atoms with Crippen LogP contribution in [-0.2, 0) is 29.0 Å². The molecule has 4 rings (SSSR count). The molecule has 0 bridgehead atoms. The van der Waals surface area contributed by atoms with Crippen LogP contribution in [0.2, 0.25) is 0 Å². The zero-order chi connectivity index (χ0) is 26.0. The minimum absolute atomic E-state index is 0.0802. The van der Waals surface area contributed by atoms with Crippen molar-refractivity contribution in [3.05, 3.63) is 71.5 Å². The van der Waals surface area contributed by atoms with E-state index in [4.69, 9.17) is 9.15 Å². The first kappa shape index (κ1) is 26.8. The molecule has 1 saturated heterocycles. The van der Waals surface area contributed by atoms with Crippen LogP contribution in [0.5, 0.6) is 0 Å². The largest absolute Gasteiger partial charge is 0.461 e. The van der Waals surface area contributed by atoms with Gasteiger partial charge in [0.05, 0.1) is 0 Å².